The highest BCUT2D eigenvalue weighted by Crippen LogP contribution is 2.26. The summed E-state index contributed by atoms with van der Waals surface area (Å²) in [6.07, 6.45) is 2.15. The van der Waals surface area contributed by atoms with Crippen molar-refractivity contribution < 1.29 is 0 Å². The van der Waals surface area contributed by atoms with Gasteiger partial charge in [-0.25, -0.2) is 9.97 Å². The average Bonchev–Trinajstić information content (AvgIpc) is 2.45. The van der Waals surface area contributed by atoms with E-state index in [-0.39, 0.29) is 0 Å². The fourth-order valence-electron chi connectivity index (χ4n) is 2.69. The third-order valence-corrected chi connectivity index (χ3v) is 3.57. The van der Waals surface area contributed by atoms with Crippen molar-refractivity contribution in [3.05, 3.63) is 47.3 Å². The van der Waals surface area contributed by atoms with Crippen LogP contribution in [-0.2, 0) is 6.42 Å². The molecule has 1 aliphatic heterocycles. The Morgan fingerprint density at radius 1 is 1.19 bits per heavy atom. The van der Waals surface area contributed by atoms with Crippen LogP contribution in [0.5, 0.6) is 0 Å². The Hall–Kier alpha value is -2.43. The van der Waals surface area contributed by atoms with E-state index in [1.807, 2.05) is 30.9 Å². The first kappa shape index (κ1) is 13.5. The van der Waals surface area contributed by atoms with Crippen molar-refractivity contribution in [3.8, 4) is 0 Å². The van der Waals surface area contributed by atoms with Crippen LogP contribution in [0.15, 0.2) is 35.3 Å². The fourth-order valence-corrected chi connectivity index (χ4v) is 2.69. The number of aryl methyl sites for hydroxylation is 3. The molecule has 0 saturated heterocycles. The van der Waals surface area contributed by atoms with Crippen molar-refractivity contribution in [1.29, 1.82) is 0 Å². The number of rotatable bonds is 1. The monoisotopic (exact) mass is 281 g/mol. The Balaban J connectivity index is 1.95. The molecule has 3 rings (SSSR count). The van der Waals surface area contributed by atoms with Crippen LogP contribution in [-0.4, -0.2) is 22.5 Å². The Morgan fingerprint density at radius 3 is 2.67 bits per heavy atom. The summed E-state index contributed by atoms with van der Waals surface area (Å²) in [5, 5.41) is 0. The van der Waals surface area contributed by atoms with Gasteiger partial charge < -0.3 is 10.6 Å². The van der Waals surface area contributed by atoms with Crippen molar-refractivity contribution >= 4 is 17.6 Å². The normalized spacial score (nSPS) is 15.0. The molecular formula is C16H19N5. The van der Waals surface area contributed by atoms with E-state index in [9.17, 15) is 0 Å². The van der Waals surface area contributed by atoms with Gasteiger partial charge >= 0.3 is 0 Å². The molecule has 0 fully saturated rings. The second-order valence-corrected chi connectivity index (χ2v) is 5.30. The zero-order chi connectivity index (χ0) is 14.8. The molecule has 0 saturated carbocycles. The number of benzene rings is 1. The van der Waals surface area contributed by atoms with Gasteiger partial charge in [0, 0.05) is 23.6 Å². The van der Waals surface area contributed by atoms with E-state index in [0.717, 1.165) is 36.5 Å². The number of para-hydroxylation sites is 1. The van der Waals surface area contributed by atoms with E-state index >= 15 is 0 Å². The molecule has 1 aliphatic rings. The van der Waals surface area contributed by atoms with Crippen LogP contribution in [0, 0.1) is 13.8 Å². The number of hydrogen-bond donors (Lipinski definition) is 1. The fraction of sp³-hybridized carbons (Fsp3) is 0.312. The number of guanidine groups is 1. The largest absolute Gasteiger partial charge is 0.369 e. The lowest BCUT2D eigenvalue weighted by Gasteiger charge is -2.29. The van der Waals surface area contributed by atoms with Gasteiger partial charge in [-0.3, -0.25) is 0 Å². The lowest BCUT2D eigenvalue weighted by atomic mass is 10.0. The van der Waals surface area contributed by atoms with Crippen molar-refractivity contribution in [2.75, 3.05) is 11.4 Å². The highest BCUT2D eigenvalue weighted by Gasteiger charge is 2.19. The number of aliphatic imine (C=N–C) groups is 1. The smallest absolute Gasteiger partial charge is 0.253 e. The predicted molar refractivity (Wildman–Crippen MR) is 84.9 cm³/mol. The van der Waals surface area contributed by atoms with Crippen LogP contribution in [0.2, 0.25) is 0 Å². The van der Waals surface area contributed by atoms with Gasteiger partial charge in [-0.15, -0.1) is 0 Å². The van der Waals surface area contributed by atoms with E-state index in [1.54, 1.807) is 0 Å². The van der Waals surface area contributed by atoms with Crippen LogP contribution in [0.25, 0.3) is 0 Å². The van der Waals surface area contributed by atoms with Crippen LogP contribution in [0.1, 0.15) is 23.4 Å². The summed E-state index contributed by atoms with van der Waals surface area (Å²) in [6.45, 7) is 4.73. The lowest BCUT2D eigenvalue weighted by Crippen LogP contribution is -2.40. The average molecular weight is 281 g/mol. The SMILES string of the molecule is Cc1cc(C)nc(N=C(N)N2CCCc3ccccc32)n1. The second-order valence-electron chi connectivity index (χ2n) is 5.30. The summed E-state index contributed by atoms with van der Waals surface area (Å²) in [5.74, 6) is 0.875. The number of anilines is 1. The minimum atomic E-state index is 0.424. The van der Waals surface area contributed by atoms with Gasteiger partial charge in [0.15, 0.2) is 0 Å². The summed E-state index contributed by atoms with van der Waals surface area (Å²) in [6, 6.07) is 10.2. The lowest BCUT2D eigenvalue weighted by molar-refractivity contribution is 0.774. The van der Waals surface area contributed by atoms with Gasteiger partial charge in [-0.2, -0.15) is 4.99 Å². The van der Waals surface area contributed by atoms with Gasteiger partial charge in [-0.05, 0) is 44.4 Å². The van der Waals surface area contributed by atoms with Crippen LogP contribution in [0.3, 0.4) is 0 Å². The standard InChI is InChI=1S/C16H19N5/c1-11-10-12(2)19-16(18-11)20-15(17)21-9-5-7-13-6-3-4-8-14(13)21/h3-4,6,8,10H,5,7,9H2,1-2H3,(H2,17,18,19,20). The maximum Gasteiger partial charge on any atom is 0.253 e. The highest BCUT2D eigenvalue weighted by atomic mass is 15.3. The van der Waals surface area contributed by atoms with Crippen molar-refractivity contribution in [3.63, 3.8) is 0 Å². The Bertz CT molecular complexity index is 673. The Labute approximate surface area is 124 Å². The number of aromatic nitrogens is 2. The molecule has 0 unspecified atom stereocenters. The Kier molecular flexibility index (Phi) is 3.56. The van der Waals surface area contributed by atoms with Gasteiger partial charge in [-0.1, -0.05) is 18.2 Å². The molecule has 0 aliphatic carbocycles. The van der Waals surface area contributed by atoms with Crippen molar-refractivity contribution in [2.24, 2.45) is 10.7 Å². The molecule has 0 spiro atoms. The molecule has 5 heteroatoms. The summed E-state index contributed by atoms with van der Waals surface area (Å²) in [4.78, 5) is 15.1. The second kappa shape index (κ2) is 5.52. The van der Waals surface area contributed by atoms with Crippen molar-refractivity contribution in [1.82, 2.24) is 9.97 Å². The molecule has 0 amide bonds. The van der Waals surface area contributed by atoms with Crippen LogP contribution in [0.4, 0.5) is 11.6 Å². The van der Waals surface area contributed by atoms with Gasteiger partial charge in [0.25, 0.3) is 5.95 Å². The molecule has 21 heavy (non-hydrogen) atoms. The van der Waals surface area contributed by atoms with E-state index in [1.165, 1.54) is 5.56 Å². The third kappa shape index (κ3) is 2.86. The number of hydrogen-bond acceptors (Lipinski definition) is 3. The quantitative estimate of drug-likeness (QED) is 0.644. The van der Waals surface area contributed by atoms with Crippen molar-refractivity contribution in [2.45, 2.75) is 26.7 Å². The molecule has 0 atom stereocenters. The van der Waals surface area contributed by atoms with Crippen LogP contribution >= 0.6 is 0 Å². The van der Waals surface area contributed by atoms with E-state index in [2.05, 4.69) is 33.2 Å². The maximum absolute atomic E-state index is 6.19. The molecule has 108 valence electrons. The maximum atomic E-state index is 6.19. The molecule has 0 radical (unpaired) electrons. The van der Waals surface area contributed by atoms with E-state index in [4.69, 9.17) is 5.73 Å². The number of fused-ring (bicyclic) bond motifs is 1. The summed E-state index contributed by atoms with van der Waals surface area (Å²) in [7, 11) is 0. The molecule has 1 aromatic heterocycles. The number of nitrogens with zero attached hydrogens (tertiary/aromatic N) is 4. The minimum absolute atomic E-state index is 0.424. The van der Waals surface area contributed by atoms with Crippen LogP contribution < -0.4 is 10.6 Å². The molecule has 0 bridgehead atoms. The summed E-state index contributed by atoms with van der Waals surface area (Å²) < 4.78 is 0. The highest BCUT2D eigenvalue weighted by molar-refractivity contribution is 5.97. The van der Waals surface area contributed by atoms with Gasteiger partial charge in [0.1, 0.15) is 0 Å². The van der Waals surface area contributed by atoms with E-state index in [0.29, 0.717) is 11.9 Å². The number of nitrogens with two attached hydrogens (primary N) is 1. The zero-order valence-corrected chi connectivity index (χ0v) is 12.4. The molecule has 2 aromatic rings. The predicted octanol–water partition coefficient (Wildman–Crippen LogP) is 2.49. The summed E-state index contributed by atoms with van der Waals surface area (Å²) >= 11 is 0. The first-order chi connectivity index (χ1) is 10.1. The zero-order valence-electron chi connectivity index (χ0n) is 12.4. The molecular weight excluding hydrogens is 262 g/mol. The Morgan fingerprint density at radius 2 is 1.90 bits per heavy atom. The first-order valence-corrected chi connectivity index (χ1v) is 7.15. The molecule has 2 N–H and O–H groups in total. The van der Waals surface area contributed by atoms with E-state index < -0.39 is 0 Å². The molecule has 2 heterocycles. The molecule has 5 nitrogen and oxygen atoms in total. The third-order valence-electron chi connectivity index (χ3n) is 3.57. The topological polar surface area (TPSA) is 67.4 Å². The molecule has 1 aromatic carbocycles. The van der Waals surface area contributed by atoms with Gasteiger partial charge in [0.05, 0.1) is 0 Å². The van der Waals surface area contributed by atoms with Gasteiger partial charge in [0.2, 0.25) is 5.96 Å². The first-order valence-electron chi connectivity index (χ1n) is 7.15. The minimum Gasteiger partial charge on any atom is -0.369 e. The summed E-state index contributed by atoms with van der Waals surface area (Å²) in [5.41, 5.74) is 10.4.